The van der Waals surface area contributed by atoms with Gasteiger partial charge in [0.15, 0.2) is 0 Å². The van der Waals surface area contributed by atoms with Crippen molar-refractivity contribution in [2.75, 3.05) is 6.54 Å². The minimum atomic E-state index is -4.42. The lowest BCUT2D eigenvalue weighted by molar-refractivity contribution is -0.186. The Kier molecular flexibility index (Phi) is 5.63. The second-order valence-corrected chi connectivity index (χ2v) is 8.84. The van der Waals surface area contributed by atoms with Gasteiger partial charge in [-0.05, 0) is 37.5 Å². The van der Waals surface area contributed by atoms with Crippen molar-refractivity contribution >= 4 is 16.3 Å². The van der Waals surface area contributed by atoms with Crippen LogP contribution in [0.4, 0.5) is 13.2 Å². The predicted molar refractivity (Wildman–Crippen MR) is 98.4 cm³/mol. The van der Waals surface area contributed by atoms with Crippen molar-refractivity contribution in [2.45, 2.75) is 36.9 Å². The number of benzene rings is 2. The summed E-state index contributed by atoms with van der Waals surface area (Å²) in [4.78, 5) is 11.4. The van der Waals surface area contributed by atoms with E-state index >= 15 is 0 Å². The number of hydrogen-bond donors (Lipinski definition) is 0. The molecular weight excluding hydrogens is 391 g/mol. The summed E-state index contributed by atoms with van der Waals surface area (Å²) in [6.07, 6.45) is -4.61. The van der Waals surface area contributed by atoms with Crippen LogP contribution in [0.3, 0.4) is 0 Å². The standard InChI is InChI=1S/C20H20F3NO3S/c1-14-6-8-17(9-7-14)28(26,27)24-11-10-16(20(21,22)23)12-19(24)18-5-3-2-4-15(18)13-25/h2-9,13,16,19H,10-12H2,1H3/t16-,19+/m0/s1. The smallest absolute Gasteiger partial charge is 0.298 e. The van der Waals surface area contributed by atoms with Gasteiger partial charge in [0, 0.05) is 12.1 Å². The molecule has 0 saturated carbocycles. The van der Waals surface area contributed by atoms with Crippen LogP contribution < -0.4 is 0 Å². The van der Waals surface area contributed by atoms with E-state index in [4.69, 9.17) is 0 Å². The number of halogens is 3. The summed E-state index contributed by atoms with van der Waals surface area (Å²) in [6, 6.07) is 11.3. The van der Waals surface area contributed by atoms with Crippen molar-refractivity contribution in [1.29, 1.82) is 0 Å². The Balaban J connectivity index is 2.07. The fraction of sp³-hybridized carbons (Fsp3) is 0.350. The van der Waals surface area contributed by atoms with Crippen molar-refractivity contribution in [3.8, 4) is 0 Å². The average Bonchev–Trinajstić information content (AvgIpc) is 2.67. The summed E-state index contributed by atoms with van der Waals surface area (Å²) in [7, 11) is -4.02. The number of piperidine rings is 1. The molecule has 2 aromatic carbocycles. The maximum absolute atomic E-state index is 13.4. The van der Waals surface area contributed by atoms with Gasteiger partial charge in [-0.1, -0.05) is 42.0 Å². The Labute approximate surface area is 162 Å². The number of carbonyl (C=O) groups excluding carboxylic acids is 1. The van der Waals surface area contributed by atoms with Crippen LogP contribution in [-0.2, 0) is 10.0 Å². The summed E-state index contributed by atoms with van der Waals surface area (Å²) >= 11 is 0. The second-order valence-electron chi connectivity index (χ2n) is 6.95. The third-order valence-corrected chi connectivity index (χ3v) is 7.05. The van der Waals surface area contributed by atoms with Gasteiger partial charge in [-0.3, -0.25) is 4.79 Å². The number of aldehydes is 1. The number of rotatable bonds is 4. The highest BCUT2D eigenvalue weighted by atomic mass is 32.2. The molecule has 0 aromatic heterocycles. The van der Waals surface area contributed by atoms with Crippen molar-refractivity contribution < 1.29 is 26.4 Å². The van der Waals surface area contributed by atoms with Gasteiger partial charge >= 0.3 is 6.18 Å². The van der Waals surface area contributed by atoms with Crippen molar-refractivity contribution in [3.05, 3.63) is 65.2 Å². The van der Waals surface area contributed by atoms with E-state index in [0.717, 1.165) is 9.87 Å². The van der Waals surface area contributed by atoms with E-state index in [9.17, 15) is 26.4 Å². The number of aryl methyl sites for hydroxylation is 1. The molecule has 0 amide bonds. The van der Waals surface area contributed by atoms with E-state index in [1.165, 1.54) is 24.3 Å². The molecule has 1 fully saturated rings. The van der Waals surface area contributed by atoms with Crippen molar-refractivity contribution in [2.24, 2.45) is 5.92 Å². The Morgan fingerprint density at radius 2 is 1.71 bits per heavy atom. The number of hydrogen-bond acceptors (Lipinski definition) is 3. The second kappa shape index (κ2) is 7.67. The molecule has 0 N–H and O–H groups in total. The van der Waals surface area contributed by atoms with E-state index in [-0.39, 0.29) is 23.4 Å². The highest BCUT2D eigenvalue weighted by Gasteiger charge is 2.47. The predicted octanol–water partition coefficient (Wildman–Crippen LogP) is 4.51. The molecule has 0 spiro atoms. The van der Waals surface area contributed by atoms with E-state index in [1.807, 2.05) is 6.92 Å². The number of sulfonamides is 1. The monoisotopic (exact) mass is 411 g/mol. The molecule has 2 aromatic rings. The molecule has 150 valence electrons. The lowest BCUT2D eigenvalue weighted by Crippen LogP contribution is -2.44. The first-order valence-electron chi connectivity index (χ1n) is 8.84. The van der Waals surface area contributed by atoms with Crippen LogP contribution in [0.5, 0.6) is 0 Å². The third-order valence-electron chi connectivity index (χ3n) is 5.13. The lowest BCUT2D eigenvalue weighted by atomic mass is 9.86. The van der Waals surface area contributed by atoms with Crippen molar-refractivity contribution in [1.82, 2.24) is 4.31 Å². The largest absolute Gasteiger partial charge is 0.391 e. The first-order chi connectivity index (χ1) is 13.1. The molecule has 1 aliphatic rings. The number of alkyl halides is 3. The fourth-order valence-electron chi connectivity index (χ4n) is 3.58. The van der Waals surface area contributed by atoms with Gasteiger partial charge in [0.05, 0.1) is 16.9 Å². The summed E-state index contributed by atoms with van der Waals surface area (Å²) in [5.74, 6) is -1.62. The van der Waals surface area contributed by atoms with Crippen LogP contribution >= 0.6 is 0 Å². The summed E-state index contributed by atoms with van der Waals surface area (Å²) in [5.41, 5.74) is 1.36. The molecule has 0 bridgehead atoms. The van der Waals surface area contributed by atoms with E-state index < -0.39 is 34.6 Å². The molecule has 28 heavy (non-hydrogen) atoms. The average molecular weight is 411 g/mol. The van der Waals surface area contributed by atoms with Crippen LogP contribution in [0, 0.1) is 12.8 Å². The van der Waals surface area contributed by atoms with Gasteiger partial charge in [-0.15, -0.1) is 0 Å². The van der Waals surface area contributed by atoms with Gasteiger partial charge in [-0.2, -0.15) is 17.5 Å². The highest BCUT2D eigenvalue weighted by molar-refractivity contribution is 7.89. The third kappa shape index (κ3) is 3.98. The molecule has 3 rings (SSSR count). The Morgan fingerprint density at radius 1 is 1.07 bits per heavy atom. The van der Waals surface area contributed by atoms with Gasteiger partial charge in [0.25, 0.3) is 0 Å². The topological polar surface area (TPSA) is 54.5 Å². The van der Waals surface area contributed by atoms with Crippen LogP contribution in [0.25, 0.3) is 0 Å². The Bertz CT molecular complexity index is 955. The van der Waals surface area contributed by atoms with Gasteiger partial charge in [0.1, 0.15) is 6.29 Å². The van der Waals surface area contributed by atoms with E-state index in [1.54, 1.807) is 24.3 Å². The maximum Gasteiger partial charge on any atom is 0.391 e. The summed E-state index contributed by atoms with van der Waals surface area (Å²) in [6.45, 7) is 1.55. The SMILES string of the molecule is Cc1ccc(S(=O)(=O)N2CC[C@H](C(F)(F)F)C[C@@H]2c2ccccc2C=O)cc1. The van der Waals surface area contributed by atoms with Gasteiger partial charge in [-0.25, -0.2) is 8.42 Å². The number of carbonyl (C=O) groups is 1. The van der Waals surface area contributed by atoms with Crippen LogP contribution in [0.15, 0.2) is 53.4 Å². The quantitative estimate of drug-likeness (QED) is 0.696. The van der Waals surface area contributed by atoms with E-state index in [2.05, 4.69) is 0 Å². The Morgan fingerprint density at radius 3 is 2.32 bits per heavy atom. The maximum atomic E-state index is 13.4. The molecule has 1 heterocycles. The van der Waals surface area contributed by atoms with Gasteiger partial charge in [0.2, 0.25) is 10.0 Å². The lowest BCUT2D eigenvalue weighted by Gasteiger charge is -2.39. The number of nitrogens with zero attached hydrogens (tertiary/aromatic N) is 1. The van der Waals surface area contributed by atoms with Crippen LogP contribution in [0.1, 0.15) is 40.4 Å². The van der Waals surface area contributed by atoms with Gasteiger partial charge < -0.3 is 0 Å². The summed E-state index contributed by atoms with van der Waals surface area (Å²) in [5, 5.41) is 0. The first kappa shape index (κ1) is 20.5. The fourth-order valence-corrected chi connectivity index (χ4v) is 5.21. The molecule has 1 saturated heterocycles. The molecule has 8 heteroatoms. The molecule has 0 aliphatic carbocycles. The molecular formula is C20H20F3NO3S. The minimum Gasteiger partial charge on any atom is -0.298 e. The zero-order valence-electron chi connectivity index (χ0n) is 15.2. The first-order valence-corrected chi connectivity index (χ1v) is 10.3. The highest BCUT2D eigenvalue weighted by Crippen LogP contribution is 2.44. The molecule has 1 aliphatic heterocycles. The normalized spacial score (nSPS) is 21.4. The van der Waals surface area contributed by atoms with Crippen molar-refractivity contribution in [3.63, 3.8) is 0 Å². The van der Waals surface area contributed by atoms with Crippen LogP contribution in [-0.4, -0.2) is 31.7 Å². The Hall–Kier alpha value is -2.19. The molecule has 0 unspecified atom stereocenters. The summed E-state index contributed by atoms with van der Waals surface area (Å²) < 4.78 is 67.6. The molecule has 4 nitrogen and oxygen atoms in total. The zero-order chi connectivity index (χ0) is 20.5. The minimum absolute atomic E-state index is 0.0251. The van der Waals surface area contributed by atoms with E-state index in [0.29, 0.717) is 11.8 Å². The molecule has 2 atom stereocenters. The van der Waals surface area contributed by atoms with Crippen LogP contribution in [0.2, 0.25) is 0 Å². The molecule has 0 radical (unpaired) electrons. The zero-order valence-corrected chi connectivity index (χ0v) is 16.0.